The number of piperidine rings is 1. The SMILES string of the molecule is COc1ccccc1CCCN1CCC(CNC(=O)C2=Cc3cnc4cccc(n34)S2)CC1. The number of nitrogens with one attached hydrogen (secondary N) is 1. The Labute approximate surface area is 199 Å². The molecule has 5 rings (SSSR count). The summed E-state index contributed by atoms with van der Waals surface area (Å²) in [7, 11) is 1.74. The molecule has 0 radical (unpaired) electrons. The number of likely N-dealkylation sites (tertiary alicyclic amines) is 1. The average molecular weight is 463 g/mol. The molecule has 0 unspecified atom stereocenters. The highest BCUT2D eigenvalue weighted by atomic mass is 32.2. The Morgan fingerprint density at radius 2 is 2.03 bits per heavy atom. The van der Waals surface area contributed by atoms with Gasteiger partial charge in [0.2, 0.25) is 0 Å². The number of aryl methyl sites for hydroxylation is 1. The largest absolute Gasteiger partial charge is 0.496 e. The molecule has 0 atom stereocenters. The molecule has 1 fully saturated rings. The number of methoxy groups -OCH3 is 1. The Hall–Kier alpha value is -2.77. The van der Waals surface area contributed by atoms with Gasteiger partial charge in [-0.25, -0.2) is 4.98 Å². The highest BCUT2D eigenvalue weighted by Crippen LogP contribution is 2.34. The maximum Gasteiger partial charge on any atom is 0.258 e. The van der Waals surface area contributed by atoms with Gasteiger partial charge in [-0.15, -0.1) is 0 Å². The van der Waals surface area contributed by atoms with Crippen molar-refractivity contribution in [3.63, 3.8) is 0 Å². The van der Waals surface area contributed by atoms with Crippen molar-refractivity contribution in [2.24, 2.45) is 5.92 Å². The summed E-state index contributed by atoms with van der Waals surface area (Å²) in [6, 6.07) is 14.3. The standard InChI is InChI=1S/C26H30N4O2S/c1-32-22-8-3-2-6-20(22)7-5-13-29-14-11-19(12-15-29)17-28-26(31)23-16-21-18-27-24-9-4-10-25(33-23)30(21)24/h2-4,6,8-10,16,18-19H,5,7,11-15,17H2,1H3,(H,28,31). The van der Waals surface area contributed by atoms with E-state index in [4.69, 9.17) is 4.74 Å². The summed E-state index contributed by atoms with van der Waals surface area (Å²) in [5.74, 6) is 1.55. The van der Waals surface area contributed by atoms with Crippen LogP contribution >= 0.6 is 11.8 Å². The fraction of sp³-hybridized carbons (Fsp3) is 0.385. The highest BCUT2D eigenvalue weighted by molar-refractivity contribution is 8.04. The first kappa shape index (κ1) is 22.0. The third-order valence-electron chi connectivity index (χ3n) is 6.61. The predicted molar refractivity (Wildman–Crippen MR) is 133 cm³/mol. The Morgan fingerprint density at radius 3 is 2.88 bits per heavy atom. The number of hydrogen-bond donors (Lipinski definition) is 1. The van der Waals surface area contributed by atoms with Crippen molar-refractivity contribution in [2.45, 2.75) is 30.7 Å². The third-order valence-corrected chi connectivity index (χ3v) is 7.66. The van der Waals surface area contributed by atoms with Crippen LogP contribution in [0.2, 0.25) is 0 Å². The normalized spacial score (nSPS) is 16.6. The van der Waals surface area contributed by atoms with Gasteiger partial charge < -0.3 is 15.0 Å². The molecule has 6 nitrogen and oxygen atoms in total. The summed E-state index contributed by atoms with van der Waals surface area (Å²) in [5.41, 5.74) is 3.16. The minimum atomic E-state index is 0.0173. The molecule has 1 N–H and O–H groups in total. The van der Waals surface area contributed by atoms with Crippen molar-refractivity contribution in [2.75, 3.05) is 33.3 Å². The number of pyridine rings is 1. The van der Waals surface area contributed by atoms with E-state index in [1.165, 1.54) is 17.3 Å². The zero-order chi connectivity index (χ0) is 22.6. The van der Waals surface area contributed by atoms with E-state index in [2.05, 4.69) is 31.7 Å². The maximum atomic E-state index is 12.8. The zero-order valence-electron chi connectivity index (χ0n) is 19.0. The second-order valence-electron chi connectivity index (χ2n) is 8.76. The van der Waals surface area contributed by atoms with Crippen LogP contribution in [0.5, 0.6) is 5.75 Å². The Balaban J connectivity index is 1.06. The van der Waals surface area contributed by atoms with Crippen molar-refractivity contribution in [1.82, 2.24) is 19.6 Å². The van der Waals surface area contributed by atoms with Gasteiger partial charge in [0.1, 0.15) is 11.4 Å². The molecule has 0 bridgehead atoms. The molecule has 2 aliphatic heterocycles. The predicted octanol–water partition coefficient (Wildman–Crippen LogP) is 4.25. The fourth-order valence-electron chi connectivity index (χ4n) is 4.74. The number of ether oxygens (including phenoxy) is 1. The molecule has 4 heterocycles. The number of amides is 1. The molecule has 33 heavy (non-hydrogen) atoms. The van der Waals surface area contributed by atoms with Gasteiger partial charge in [-0.3, -0.25) is 9.20 Å². The number of nitrogens with zero attached hydrogens (tertiary/aromatic N) is 3. The summed E-state index contributed by atoms with van der Waals surface area (Å²) in [5, 5.41) is 4.22. The second kappa shape index (κ2) is 10.0. The molecule has 2 aliphatic rings. The molecule has 0 saturated carbocycles. The van der Waals surface area contributed by atoms with Crippen LogP contribution < -0.4 is 10.1 Å². The zero-order valence-corrected chi connectivity index (χ0v) is 19.8. The Morgan fingerprint density at radius 1 is 1.18 bits per heavy atom. The van der Waals surface area contributed by atoms with Crippen molar-refractivity contribution >= 4 is 29.4 Å². The van der Waals surface area contributed by atoms with Crippen molar-refractivity contribution in [3.05, 3.63) is 64.8 Å². The average Bonchev–Trinajstić information content (AvgIpc) is 3.28. The molecular formula is C26H30N4O2S. The number of carbonyl (C=O) groups excluding carboxylic acids is 1. The van der Waals surface area contributed by atoms with Crippen LogP contribution in [-0.4, -0.2) is 53.5 Å². The van der Waals surface area contributed by atoms with Gasteiger partial charge in [0.05, 0.1) is 28.9 Å². The topological polar surface area (TPSA) is 58.9 Å². The summed E-state index contributed by atoms with van der Waals surface area (Å²) in [4.78, 5) is 20.5. The quantitative estimate of drug-likeness (QED) is 0.542. The molecule has 7 heteroatoms. The van der Waals surface area contributed by atoms with Gasteiger partial charge in [0, 0.05) is 6.54 Å². The number of thioether (sulfide) groups is 1. The molecule has 1 aromatic carbocycles. The molecule has 0 spiro atoms. The van der Waals surface area contributed by atoms with E-state index in [0.29, 0.717) is 5.92 Å². The van der Waals surface area contributed by atoms with E-state index in [-0.39, 0.29) is 5.91 Å². The van der Waals surface area contributed by atoms with Gasteiger partial charge in [-0.1, -0.05) is 36.0 Å². The lowest BCUT2D eigenvalue weighted by molar-refractivity contribution is -0.117. The lowest BCUT2D eigenvalue weighted by Crippen LogP contribution is -2.39. The molecule has 1 amide bonds. The molecule has 172 valence electrons. The second-order valence-corrected chi connectivity index (χ2v) is 9.82. The maximum absolute atomic E-state index is 12.8. The number of rotatable bonds is 8. The first-order valence-corrected chi connectivity index (χ1v) is 12.5. The van der Waals surface area contributed by atoms with Gasteiger partial charge in [0.15, 0.2) is 0 Å². The van der Waals surface area contributed by atoms with Gasteiger partial charge >= 0.3 is 0 Å². The number of benzene rings is 1. The van der Waals surface area contributed by atoms with Crippen LogP contribution in [0.4, 0.5) is 0 Å². The minimum absolute atomic E-state index is 0.0173. The smallest absolute Gasteiger partial charge is 0.258 e. The molecule has 2 aromatic heterocycles. The summed E-state index contributed by atoms with van der Waals surface area (Å²) in [6.07, 6.45) is 8.21. The van der Waals surface area contributed by atoms with Gasteiger partial charge in [0.25, 0.3) is 5.91 Å². The number of hydrogen-bond acceptors (Lipinski definition) is 5. The van der Waals surface area contributed by atoms with Crippen LogP contribution in [0.15, 0.2) is 58.6 Å². The third kappa shape index (κ3) is 4.94. The fourth-order valence-corrected chi connectivity index (χ4v) is 5.75. The van der Waals surface area contributed by atoms with E-state index < -0.39 is 0 Å². The first-order valence-electron chi connectivity index (χ1n) is 11.7. The van der Waals surface area contributed by atoms with Crippen molar-refractivity contribution in [1.29, 1.82) is 0 Å². The number of aromatic nitrogens is 2. The van der Waals surface area contributed by atoms with E-state index in [1.54, 1.807) is 7.11 Å². The van der Waals surface area contributed by atoms with Crippen LogP contribution in [0.1, 0.15) is 30.5 Å². The minimum Gasteiger partial charge on any atom is -0.496 e. The summed E-state index contributed by atoms with van der Waals surface area (Å²) >= 11 is 1.51. The number of carbonyl (C=O) groups is 1. The molecular weight excluding hydrogens is 432 g/mol. The Bertz CT molecular complexity index is 1160. The van der Waals surface area contributed by atoms with Crippen LogP contribution in [0, 0.1) is 5.92 Å². The van der Waals surface area contributed by atoms with Crippen LogP contribution in [-0.2, 0) is 11.2 Å². The number of imidazole rings is 1. The van der Waals surface area contributed by atoms with Gasteiger partial charge in [-0.2, -0.15) is 0 Å². The Kier molecular flexibility index (Phi) is 6.69. The first-order chi connectivity index (χ1) is 16.2. The van der Waals surface area contributed by atoms with Crippen molar-refractivity contribution < 1.29 is 9.53 Å². The molecule has 1 saturated heterocycles. The molecule has 3 aromatic rings. The van der Waals surface area contributed by atoms with E-state index in [9.17, 15) is 4.79 Å². The van der Waals surface area contributed by atoms with Crippen LogP contribution in [0.25, 0.3) is 11.7 Å². The lowest BCUT2D eigenvalue weighted by Gasteiger charge is -2.32. The van der Waals surface area contributed by atoms with Crippen LogP contribution in [0.3, 0.4) is 0 Å². The lowest BCUT2D eigenvalue weighted by atomic mass is 9.96. The number of para-hydroxylation sites is 1. The summed E-state index contributed by atoms with van der Waals surface area (Å²) in [6.45, 7) is 4.06. The highest BCUT2D eigenvalue weighted by Gasteiger charge is 2.23. The molecule has 0 aliphatic carbocycles. The monoisotopic (exact) mass is 462 g/mol. The van der Waals surface area contributed by atoms with E-state index in [1.807, 2.05) is 42.6 Å². The summed E-state index contributed by atoms with van der Waals surface area (Å²) < 4.78 is 7.55. The van der Waals surface area contributed by atoms with E-state index >= 15 is 0 Å². The van der Waals surface area contributed by atoms with Crippen molar-refractivity contribution in [3.8, 4) is 5.75 Å². The van der Waals surface area contributed by atoms with E-state index in [0.717, 1.165) is 78.9 Å². The van der Waals surface area contributed by atoms with Gasteiger partial charge in [-0.05, 0) is 81.1 Å².